The van der Waals surface area contributed by atoms with E-state index in [2.05, 4.69) is 35.6 Å². The van der Waals surface area contributed by atoms with Crippen LogP contribution in [0.4, 0.5) is 0 Å². The van der Waals surface area contributed by atoms with Gasteiger partial charge in [0.25, 0.3) is 0 Å². The summed E-state index contributed by atoms with van der Waals surface area (Å²) in [5.41, 5.74) is 1.42. The standard InChI is InChI=1S/C17H24O2.C3H5NO/c1-2-6-17(18)19-16-11-9-15(10-12-16)13-14-7-4-3-5-8-14;5-3-1-2-4-3/h3-5,7-8,15-16H,2,6,9-13H2,1H3;1-2H2,(H,4,5). The number of ether oxygens (including phenoxy) is 1. The summed E-state index contributed by atoms with van der Waals surface area (Å²) >= 11 is 0. The summed E-state index contributed by atoms with van der Waals surface area (Å²) in [6.07, 6.45) is 7.94. The monoisotopic (exact) mass is 331 g/mol. The lowest BCUT2D eigenvalue weighted by molar-refractivity contribution is -0.151. The number of esters is 1. The Morgan fingerprint density at radius 3 is 2.29 bits per heavy atom. The first-order valence-corrected chi connectivity index (χ1v) is 9.17. The number of nitrogens with one attached hydrogen (secondary N) is 1. The van der Waals surface area contributed by atoms with Crippen LogP contribution < -0.4 is 5.32 Å². The summed E-state index contributed by atoms with van der Waals surface area (Å²) in [7, 11) is 0. The molecule has 132 valence electrons. The van der Waals surface area contributed by atoms with Gasteiger partial charge in [0.1, 0.15) is 6.10 Å². The third kappa shape index (κ3) is 6.73. The summed E-state index contributed by atoms with van der Waals surface area (Å²) in [6.45, 7) is 2.90. The van der Waals surface area contributed by atoms with Crippen LogP contribution in [0.2, 0.25) is 0 Å². The second-order valence-corrected chi connectivity index (χ2v) is 6.67. The van der Waals surface area contributed by atoms with E-state index in [-0.39, 0.29) is 18.0 Å². The predicted octanol–water partition coefficient (Wildman–Crippen LogP) is 3.64. The molecule has 0 unspecified atom stereocenters. The number of carbonyl (C=O) groups excluding carboxylic acids is 2. The largest absolute Gasteiger partial charge is 0.462 e. The molecule has 2 aliphatic rings. The predicted molar refractivity (Wildman–Crippen MR) is 94.5 cm³/mol. The highest BCUT2D eigenvalue weighted by molar-refractivity contribution is 5.81. The van der Waals surface area contributed by atoms with Crippen molar-refractivity contribution in [2.75, 3.05) is 6.54 Å². The van der Waals surface area contributed by atoms with Gasteiger partial charge in [0.15, 0.2) is 0 Å². The van der Waals surface area contributed by atoms with Crippen LogP contribution >= 0.6 is 0 Å². The first-order valence-electron chi connectivity index (χ1n) is 9.17. The molecule has 0 spiro atoms. The SMILES string of the molecule is CCCC(=O)OC1CCC(Cc2ccccc2)CC1.O=C1CCN1. The van der Waals surface area contributed by atoms with Gasteiger partial charge in [-0.15, -0.1) is 0 Å². The highest BCUT2D eigenvalue weighted by Gasteiger charge is 2.23. The van der Waals surface area contributed by atoms with E-state index in [0.717, 1.165) is 44.6 Å². The van der Waals surface area contributed by atoms with Crippen molar-refractivity contribution < 1.29 is 14.3 Å². The number of benzene rings is 1. The summed E-state index contributed by atoms with van der Waals surface area (Å²) in [4.78, 5) is 21.2. The van der Waals surface area contributed by atoms with Gasteiger partial charge in [-0.05, 0) is 50.0 Å². The fraction of sp³-hybridized carbons (Fsp3) is 0.600. The minimum Gasteiger partial charge on any atom is -0.462 e. The second kappa shape index (κ2) is 10.1. The molecule has 1 aliphatic heterocycles. The molecular weight excluding hydrogens is 302 g/mol. The Kier molecular flexibility index (Phi) is 7.80. The van der Waals surface area contributed by atoms with Gasteiger partial charge in [0.2, 0.25) is 5.91 Å². The van der Waals surface area contributed by atoms with Crippen molar-refractivity contribution in [2.24, 2.45) is 5.92 Å². The van der Waals surface area contributed by atoms with E-state index in [4.69, 9.17) is 4.74 Å². The van der Waals surface area contributed by atoms with E-state index in [9.17, 15) is 9.59 Å². The molecule has 0 aromatic heterocycles. The first-order chi connectivity index (χ1) is 11.7. The van der Waals surface area contributed by atoms with Crippen LogP contribution in [0.15, 0.2) is 30.3 Å². The van der Waals surface area contributed by atoms with Crippen LogP contribution in [-0.4, -0.2) is 24.5 Å². The molecule has 0 atom stereocenters. The number of carbonyl (C=O) groups is 2. The molecular formula is C20H29NO3. The van der Waals surface area contributed by atoms with Gasteiger partial charge < -0.3 is 10.1 Å². The Morgan fingerprint density at radius 2 is 1.79 bits per heavy atom. The Bertz CT molecular complexity index is 501. The van der Waals surface area contributed by atoms with Crippen molar-refractivity contribution in [2.45, 2.75) is 64.4 Å². The molecule has 1 aliphatic carbocycles. The van der Waals surface area contributed by atoms with Gasteiger partial charge in [0.05, 0.1) is 0 Å². The number of hydrogen-bond donors (Lipinski definition) is 1. The van der Waals surface area contributed by atoms with E-state index in [1.807, 2.05) is 6.92 Å². The van der Waals surface area contributed by atoms with E-state index < -0.39 is 0 Å². The summed E-state index contributed by atoms with van der Waals surface area (Å²) < 4.78 is 5.49. The molecule has 1 saturated heterocycles. The molecule has 24 heavy (non-hydrogen) atoms. The molecule has 1 saturated carbocycles. The molecule has 4 nitrogen and oxygen atoms in total. The number of hydrogen-bond acceptors (Lipinski definition) is 3. The fourth-order valence-corrected chi connectivity index (χ4v) is 3.08. The Hall–Kier alpha value is -1.84. The van der Waals surface area contributed by atoms with Crippen molar-refractivity contribution in [1.29, 1.82) is 0 Å². The fourth-order valence-electron chi connectivity index (χ4n) is 3.08. The molecule has 3 rings (SSSR count). The summed E-state index contributed by atoms with van der Waals surface area (Å²) in [5.74, 6) is 0.919. The van der Waals surface area contributed by atoms with Crippen LogP contribution in [0.5, 0.6) is 0 Å². The van der Waals surface area contributed by atoms with E-state index >= 15 is 0 Å². The van der Waals surface area contributed by atoms with Crippen molar-refractivity contribution in [3.8, 4) is 0 Å². The molecule has 1 amide bonds. The number of amides is 1. The Morgan fingerprint density at radius 1 is 1.17 bits per heavy atom. The lowest BCUT2D eigenvalue weighted by atomic mass is 9.83. The molecule has 2 fully saturated rings. The lowest BCUT2D eigenvalue weighted by Crippen LogP contribution is -2.37. The summed E-state index contributed by atoms with van der Waals surface area (Å²) in [6, 6.07) is 10.7. The molecule has 1 aromatic carbocycles. The smallest absolute Gasteiger partial charge is 0.306 e. The van der Waals surface area contributed by atoms with Crippen LogP contribution in [-0.2, 0) is 20.7 Å². The average molecular weight is 331 g/mol. The number of β-lactam (4-membered cyclic amide) rings is 1. The van der Waals surface area contributed by atoms with Crippen molar-refractivity contribution in [1.82, 2.24) is 5.32 Å². The number of rotatable bonds is 5. The Balaban J connectivity index is 0.000000355. The average Bonchev–Trinajstić information content (AvgIpc) is 2.57. The topological polar surface area (TPSA) is 55.4 Å². The van der Waals surface area contributed by atoms with Crippen LogP contribution in [0, 0.1) is 5.92 Å². The zero-order valence-corrected chi connectivity index (χ0v) is 14.6. The third-order valence-electron chi connectivity index (χ3n) is 4.59. The van der Waals surface area contributed by atoms with E-state index in [1.54, 1.807) is 0 Å². The zero-order valence-electron chi connectivity index (χ0n) is 14.6. The van der Waals surface area contributed by atoms with Crippen LogP contribution in [0.1, 0.15) is 57.4 Å². The minimum absolute atomic E-state index is 0.0194. The van der Waals surface area contributed by atoms with Gasteiger partial charge in [-0.3, -0.25) is 9.59 Å². The van der Waals surface area contributed by atoms with Gasteiger partial charge in [-0.1, -0.05) is 37.3 Å². The minimum atomic E-state index is -0.0194. The van der Waals surface area contributed by atoms with Crippen molar-refractivity contribution in [3.63, 3.8) is 0 Å². The van der Waals surface area contributed by atoms with Crippen LogP contribution in [0.25, 0.3) is 0 Å². The van der Waals surface area contributed by atoms with E-state index in [1.165, 1.54) is 18.4 Å². The zero-order chi connectivity index (χ0) is 17.2. The van der Waals surface area contributed by atoms with Gasteiger partial charge >= 0.3 is 5.97 Å². The maximum Gasteiger partial charge on any atom is 0.306 e. The van der Waals surface area contributed by atoms with Gasteiger partial charge in [0, 0.05) is 19.4 Å². The van der Waals surface area contributed by atoms with Crippen molar-refractivity contribution >= 4 is 11.9 Å². The maximum absolute atomic E-state index is 11.5. The van der Waals surface area contributed by atoms with Gasteiger partial charge in [-0.25, -0.2) is 0 Å². The highest BCUT2D eigenvalue weighted by Crippen LogP contribution is 2.29. The molecule has 4 heteroatoms. The van der Waals surface area contributed by atoms with Crippen LogP contribution in [0.3, 0.4) is 0 Å². The lowest BCUT2D eigenvalue weighted by Gasteiger charge is -2.28. The maximum atomic E-state index is 11.5. The first kappa shape index (κ1) is 18.5. The summed E-state index contributed by atoms with van der Waals surface area (Å²) in [5, 5.41) is 2.57. The molecule has 0 radical (unpaired) electrons. The molecule has 1 N–H and O–H groups in total. The van der Waals surface area contributed by atoms with E-state index in [0.29, 0.717) is 6.42 Å². The normalized spacial score (nSPS) is 22.5. The highest BCUT2D eigenvalue weighted by atomic mass is 16.5. The van der Waals surface area contributed by atoms with Gasteiger partial charge in [-0.2, -0.15) is 0 Å². The molecule has 0 bridgehead atoms. The Labute approximate surface area is 145 Å². The second-order valence-electron chi connectivity index (χ2n) is 6.67. The third-order valence-corrected chi connectivity index (χ3v) is 4.59. The van der Waals surface area contributed by atoms with Crippen molar-refractivity contribution in [3.05, 3.63) is 35.9 Å². The molecule has 1 aromatic rings. The molecule has 1 heterocycles. The quantitative estimate of drug-likeness (QED) is 0.662.